The van der Waals surface area contributed by atoms with Crippen LogP contribution in [0.4, 0.5) is 0 Å². The first-order chi connectivity index (χ1) is 13.1. The minimum atomic E-state index is -0.389. The molecule has 0 radical (unpaired) electrons. The lowest BCUT2D eigenvalue weighted by molar-refractivity contribution is -0.139. The second-order valence-corrected chi connectivity index (χ2v) is 6.78. The molecule has 2 aromatic heterocycles. The predicted octanol–water partition coefficient (Wildman–Crippen LogP) is 2.27. The van der Waals surface area contributed by atoms with Crippen molar-refractivity contribution in [2.24, 2.45) is 7.05 Å². The molecule has 1 amide bonds. The maximum Gasteiger partial charge on any atom is 0.261 e. The number of hydrogen-bond acceptors (Lipinski definition) is 6. The third-order valence-electron chi connectivity index (χ3n) is 4.38. The number of benzene rings is 1. The standard InChI is InChI=1S/C18H18ClN5O3/c1-23-10-13(9-20-23)18-21-17(22-27-18)15-11-26-6-5-24(15)16(25)8-12-3-2-4-14(19)7-12/h2-4,7,9-10,15H,5-6,8,11H2,1H3/t15-/m1/s1. The Morgan fingerprint density at radius 1 is 1.41 bits per heavy atom. The molecule has 0 N–H and O–H groups in total. The molecule has 8 nitrogen and oxygen atoms in total. The minimum absolute atomic E-state index is 0.0294. The molecule has 3 heterocycles. The van der Waals surface area contributed by atoms with Gasteiger partial charge >= 0.3 is 0 Å². The molecule has 9 heteroatoms. The zero-order valence-corrected chi connectivity index (χ0v) is 15.5. The number of amides is 1. The van der Waals surface area contributed by atoms with Crippen LogP contribution < -0.4 is 0 Å². The van der Waals surface area contributed by atoms with Crippen LogP contribution in [0.1, 0.15) is 17.4 Å². The van der Waals surface area contributed by atoms with Gasteiger partial charge in [-0.1, -0.05) is 28.9 Å². The van der Waals surface area contributed by atoms with Gasteiger partial charge in [-0.15, -0.1) is 0 Å². The Labute approximate surface area is 160 Å². The van der Waals surface area contributed by atoms with Crippen molar-refractivity contribution in [3.63, 3.8) is 0 Å². The molecule has 0 unspecified atom stereocenters. The molecule has 3 aromatic rings. The van der Waals surface area contributed by atoms with Crippen molar-refractivity contribution in [3.8, 4) is 11.5 Å². The molecule has 1 atom stereocenters. The summed E-state index contributed by atoms with van der Waals surface area (Å²) < 4.78 is 12.6. The third-order valence-corrected chi connectivity index (χ3v) is 4.62. The predicted molar refractivity (Wildman–Crippen MR) is 96.9 cm³/mol. The number of ether oxygens (including phenoxy) is 1. The van der Waals surface area contributed by atoms with Crippen LogP contribution in [-0.4, -0.2) is 50.5 Å². The summed E-state index contributed by atoms with van der Waals surface area (Å²) in [6.07, 6.45) is 3.69. The molecule has 27 heavy (non-hydrogen) atoms. The number of carbonyl (C=O) groups excluding carboxylic acids is 1. The van der Waals surface area contributed by atoms with Gasteiger partial charge in [0.05, 0.1) is 31.4 Å². The lowest BCUT2D eigenvalue weighted by atomic mass is 10.1. The Kier molecular flexibility index (Phi) is 4.91. The molecular weight excluding hydrogens is 370 g/mol. The number of nitrogens with zero attached hydrogens (tertiary/aromatic N) is 5. The monoisotopic (exact) mass is 387 g/mol. The Bertz CT molecular complexity index is 954. The summed E-state index contributed by atoms with van der Waals surface area (Å²) in [4.78, 5) is 19.1. The summed E-state index contributed by atoms with van der Waals surface area (Å²) in [5.41, 5.74) is 1.59. The van der Waals surface area contributed by atoms with E-state index in [1.54, 1.807) is 34.1 Å². The summed E-state index contributed by atoms with van der Waals surface area (Å²) >= 11 is 6.02. The molecule has 0 saturated carbocycles. The Morgan fingerprint density at radius 3 is 3.07 bits per heavy atom. The number of morpholine rings is 1. The number of aryl methyl sites for hydroxylation is 1. The van der Waals surface area contributed by atoms with E-state index in [1.807, 2.05) is 19.2 Å². The van der Waals surface area contributed by atoms with Crippen molar-refractivity contribution in [2.45, 2.75) is 12.5 Å². The van der Waals surface area contributed by atoms with Crippen LogP contribution >= 0.6 is 11.6 Å². The van der Waals surface area contributed by atoms with E-state index in [-0.39, 0.29) is 18.4 Å². The molecule has 1 aliphatic rings. The Balaban J connectivity index is 1.54. The maximum atomic E-state index is 12.9. The molecule has 0 spiro atoms. The van der Waals surface area contributed by atoms with Crippen molar-refractivity contribution in [2.75, 3.05) is 19.8 Å². The summed E-state index contributed by atoms with van der Waals surface area (Å²) in [6.45, 7) is 1.28. The van der Waals surface area contributed by atoms with Crippen LogP contribution in [0, 0.1) is 0 Å². The first kappa shape index (κ1) is 17.7. The van der Waals surface area contributed by atoms with E-state index in [9.17, 15) is 4.79 Å². The van der Waals surface area contributed by atoms with Gasteiger partial charge in [0, 0.05) is 24.8 Å². The first-order valence-electron chi connectivity index (χ1n) is 8.54. The van der Waals surface area contributed by atoms with Gasteiger partial charge in [-0.25, -0.2) is 0 Å². The van der Waals surface area contributed by atoms with Crippen LogP contribution in [0.15, 0.2) is 41.2 Å². The van der Waals surface area contributed by atoms with E-state index in [4.69, 9.17) is 20.9 Å². The van der Waals surface area contributed by atoms with Crippen LogP contribution in [0.5, 0.6) is 0 Å². The van der Waals surface area contributed by atoms with Crippen molar-refractivity contribution >= 4 is 17.5 Å². The fourth-order valence-electron chi connectivity index (χ4n) is 3.06. The van der Waals surface area contributed by atoms with Gasteiger partial charge in [-0.05, 0) is 17.7 Å². The first-order valence-corrected chi connectivity index (χ1v) is 8.92. The molecule has 1 aromatic carbocycles. The number of halogens is 1. The molecule has 140 valence electrons. The number of rotatable bonds is 4. The van der Waals surface area contributed by atoms with Crippen LogP contribution in [-0.2, 0) is 23.0 Å². The van der Waals surface area contributed by atoms with E-state index in [1.165, 1.54) is 0 Å². The highest BCUT2D eigenvalue weighted by Crippen LogP contribution is 2.26. The molecule has 0 bridgehead atoms. The molecule has 0 aliphatic carbocycles. The van der Waals surface area contributed by atoms with Gasteiger partial charge < -0.3 is 14.2 Å². The van der Waals surface area contributed by atoms with Gasteiger partial charge in [-0.2, -0.15) is 10.1 Å². The van der Waals surface area contributed by atoms with Gasteiger partial charge in [0.1, 0.15) is 6.04 Å². The lowest BCUT2D eigenvalue weighted by Gasteiger charge is -2.33. The second kappa shape index (κ2) is 7.50. The summed E-state index contributed by atoms with van der Waals surface area (Å²) in [6, 6.07) is 6.91. The number of aromatic nitrogens is 4. The van der Waals surface area contributed by atoms with Crippen LogP contribution in [0.2, 0.25) is 5.02 Å². The topological polar surface area (TPSA) is 86.3 Å². The minimum Gasteiger partial charge on any atom is -0.377 e. The molecular formula is C18H18ClN5O3. The quantitative estimate of drug-likeness (QED) is 0.682. The summed E-state index contributed by atoms with van der Waals surface area (Å²) in [5.74, 6) is 0.761. The van der Waals surface area contributed by atoms with Crippen molar-refractivity contribution < 1.29 is 14.1 Å². The van der Waals surface area contributed by atoms with E-state index < -0.39 is 0 Å². The highest BCUT2D eigenvalue weighted by atomic mass is 35.5. The Morgan fingerprint density at radius 2 is 2.30 bits per heavy atom. The lowest BCUT2D eigenvalue weighted by Crippen LogP contribution is -2.44. The highest BCUT2D eigenvalue weighted by Gasteiger charge is 2.32. The summed E-state index contributed by atoms with van der Waals surface area (Å²) in [7, 11) is 1.81. The highest BCUT2D eigenvalue weighted by molar-refractivity contribution is 6.30. The van der Waals surface area contributed by atoms with Gasteiger partial charge in [-0.3, -0.25) is 9.48 Å². The van der Waals surface area contributed by atoms with E-state index in [0.717, 1.165) is 11.1 Å². The van der Waals surface area contributed by atoms with Crippen LogP contribution in [0.25, 0.3) is 11.5 Å². The molecule has 4 rings (SSSR count). The average molecular weight is 388 g/mol. The largest absolute Gasteiger partial charge is 0.377 e. The van der Waals surface area contributed by atoms with E-state index >= 15 is 0 Å². The normalized spacial score (nSPS) is 17.3. The number of hydrogen-bond donors (Lipinski definition) is 0. The average Bonchev–Trinajstić information content (AvgIpc) is 3.31. The SMILES string of the molecule is Cn1cc(-c2nc([C@H]3COCCN3C(=O)Cc3cccc(Cl)c3)no2)cn1. The zero-order chi connectivity index (χ0) is 18.8. The second-order valence-electron chi connectivity index (χ2n) is 6.34. The van der Waals surface area contributed by atoms with Crippen molar-refractivity contribution in [1.29, 1.82) is 0 Å². The zero-order valence-electron chi connectivity index (χ0n) is 14.7. The summed E-state index contributed by atoms with van der Waals surface area (Å²) in [5, 5.41) is 8.77. The fourth-order valence-corrected chi connectivity index (χ4v) is 3.27. The van der Waals surface area contributed by atoms with Crippen LogP contribution in [0.3, 0.4) is 0 Å². The van der Waals surface area contributed by atoms with E-state index in [2.05, 4.69) is 15.2 Å². The van der Waals surface area contributed by atoms with E-state index in [0.29, 0.717) is 36.5 Å². The molecule has 1 fully saturated rings. The molecule has 1 aliphatic heterocycles. The smallest absolute Gasteiger partial charge is 0.261 e. The van der Waals surface area contributed by atoms with Crippen molar-refractivity contribution in [1.82, 2.24) is 24.8 Å². The fraction of sp³-hybridized carbons (Fsp3) is 0.333. The maximum absolute atomic E-state index is 12.9. The van der Waals surface area contributed by atoms with Gasteiger partial charge in [0.25, 0.3) is 5.89 Å². The Hall–Kier alpha value is -2.71. The molecule has 1 saturated heterocycles. The van der Waals surface area contributed by atoms with Crippen molar-refractivity contribution in [3.05, 3.63) is 53.1 Å². The third kappa shape index (κ3) is 3.86. The van der Waals surface area contributed by atoms with Gasteiger partial charge in [0.15, 0.2) is 5.82 Å². The van der Waals surface area contributed by atoms with Gasteiger partial charge in [0.2, 0.25) is 5.91 Å². The number of carbonyl (C=O) groups is 1.